The summed E-state index contributed by atoms with van der Waals surface area (Å²) in [4.78, 5) is 2.27. The molecule has 0 bridgehead atoms. The molecule has 2 aliphatic heterocycles. The highest BCUT2D eigenvalue weighted by Gasteiger charge is 2.45. The van der Waals surface area contributed by atoms with Crippen LogP contribution in [0.2, 0.25) is 0 Å². The van der Waals surface area contributed by atoms with Crippen molar-refractivity contribution in [2.24, 2.45) is 0 Å². The van der Waals surface area contributed by atoms with Crippen molar-refractivity contribution in [3.63, 3.8) is 0 Å². The third kappa shape index (κ3) is 7.91. The summed E-state index contributed by atoms with van der Waals surface area (Å²) < 4.78 is 71.0. The minimum absolute atomic E-state index is 0.210. The summed E-state index contributed by atoms with van der Waals surface area (Å²) in [6, 6.07) is 25.1. The van der Waals surface area contributed by atoms with Crippen LogP contribution >= 0.6 is 11.6 Å². The van der Waals surface area contributed by atoms with Gasteiger partial charge in [-0.25, -0.2) is 16.8 Å². The molecule has 0 unspecified atom stereocenters. The van der Waals surface area contributed by atoms with Gasteiger partial charge in [0.2, 0.25) is 5.69 Å². The zero-order valence-corrected chi connectivity index (χ0v) is 34.7. The maximum atomic E-state index is 11.6. The Balaban J connectivity index is 1.25. The van der Waals surface area contributed by atoms with E-state index in [-0.39, 0.29) is 24.0 Å². The maximum Gasteiger partial charge on any atom is 0.210 e. The number of hydrogen-bond acceptors (Lipinski definition) is 7. The number of allylic oxidation sites excluding steroid dienone is 8. The Morgan fingerprint density at radius 3 is 2.04 bits per heavy atom. The highest BCUT2D eigenvalue weighted by atomic mass is 35.5. The minimum atomic E-state index is -4.35. The van der Waals surface area contributed by atoms with Crippen molar-refractivity contribution >= 4 is 70.5 Å². The molecule has 0 amide bonds. The third-order valence-electron chi connectivity index (χ3n) is 11.7. The first kappa shape index (κ1) is 40.1. The maximum absolute atomic E-state index is 11.6. The van der Waals surface area contributed by atoms with Gasteiger partial charge in [-0.2, -0.15) is 4.58 Å². The number of hydrogen-bond donors (Lipinski definition) is 0. The van der Waals surface area contributed by atoms with Crippen molar-refractivity contribution in [1.82, 2.24) is 0 Å². The first-order valence-corrected chi connectivity index (χ1v) is 22.8. The molecule has 3 aliphatic rings. The third-order valence-corrected chi connectivity index (χ3v) is 13.7. The zero-order chi connectivity index (χ0) is 40.0. The summed E-state index contributed by atoms with van der Waals surface area (Å²) in [6.07, 6.45) is 12.1. The van der Waals surface area contributed by atoms with E-state index in [0.717, 1.165) is 69.4 Å². The molecule has 2 heterocycles. The van der Waals surface area contributed by atoms with E-state index < -0.39 is 31.4 Å². The van der Waals surface area contributed by atoms with E-state index in [0.29, 0.717) is 24.5 Å². The predicted molar refractivity (Wildman–Crippen MR) is 226 cm³/mol. The first-order chi connectivity index (χ1) is 26.5. The van der Waals surface area contributed by atoms with Crippen molar-refractivity contribution in [2.45, 2.75) is 77.0 Å². The van der Waals surface area contributed by atoms with Crippen LogP contribution in [-0.4, -0.2) is 60.8 Å². The van der Waals surface area contributed by atoms with E-state index >= 15 is 0 Å². The van der Waals surface area contributed by atoms with Crippen LogP contribution in [0.25, 0.3) is 21.5 Å². The fraction of sp³-hybridized carbons (Fsp3) is 0.356. The lowest BCUT2D eigenvalue weighted by Gasteiger charge is -2.27. The van der Waals surface area contributed by atoms with Crippen LogP contribution in [0.4, 0.5) is 11.4 Å². The molecule has 56 heavy (non-hydrogen) atoms. The van der Waals surface area contributed by atoms with E-state index in [1.807, 2.05) is 18.2 Å². The molecular formula is C45H48ClN2O6S2-. The molecule has 0 aromatic heterocycles. The Labute approximate surface area is 336 Å². The Hall–Kier alpha value is -4.06. The van der Waals surface area contributed by atoms with Gasteiger partial charge in [-0.15, -0.1) is 0 Å². The Bertz CT molecular complexity index is 2620. The minimum Gasteiger partial charge on any atom is -0.748 e. The molecular weight excluding hydrogens is 764 g/mol. The average Bonchev–Trinajstić information content (AvgIpc) is 3.49. The van der Waals surface area contributed by atoms with Crippen LogP contribution < -0.4 is 4.90 Å². The van der Waals surface area contributed by atoms with Crippen LogP contribution in [-0.2, 0) is 31.1 Å². The number of nitrogens with zero attached hydrogens (tertiary/aromatic N) is 2. The van der Waals surface area contributed by atoms with E-state index in [1.54, 1.807) is 0 Å². The second-order valence-electron chi connectivity index (χ2n) is 16.2. The van der Waals surface area contributed by atoms with Crippen molar-refractivity contribution in [2.75, 3.05) is 29.5 Å². The molecule has 0 saturated carbocycles. The molecule has 0 atom stereocenters. The van der Waals surface area contributed by atoms with Crippen molar-refractivity contribution in [3.8, 4) is 0 Å². The van der Waals surface area contributed by atoms with Gasteiger partial charge in [0.1, 0.15) is 6.54 Å². The van der Waals surface area contributed by atoms with Crippen LogP contribution in [0, 0.1) is 0 Å². The number of halogens is 1. The summed E-state index contributed by atoms with van der Waals surface area (Å²) >= 11 is 7.25. The lowest BCUT2D eigenvalue weighted by molar-refractivity contribution is -0.437. The lowest BCUT2D eigenvalue weighted by Crippen LogP contribution is -2.28. The highest BCUT2D eigenvalue weighted by molar-refractivity contribution is 7.85. The monoisotopic (exact) mass is 811 g/mol. The van der Waals surface area contributed by atoms with Gasteiger partial charge >= 0.3 is 0 Å². The number of benzene rings is 4. The highest BCUT2D eigenvalue weighted by Crippen LogP contribution is 2.51. The van der Waals surface area contributed by atoms with E-state index in [4.69, 9.17) is 11.6 Å². The summed E-state index contributed by atoms with van der Waals surface area (Å²) in [5.41, 5.74) is 7.84. The van der Waals surface area contributed by atoms with E-state index in [1.165, 1.54) is 16.5 Å². The average molecular weight is 812 g/mol. The standard InChI is InChI=1S/C45H49ClN2O6S2/c1-44(2)39(47(27-9-10-29-55(49,50)51)37-23-19-31-13-5-7-17-35(31)41(37)44)25-21-33-15-11-16-34(43(33)46)22-26-40-45(3,4)42-36-18-8-6-14-32(36)20-24-38(42)48(40)28-12-30-56(52,53)54/h5-8,13-14,17-26H,9-12,15-16,27-30H2,1-4H3,(H-,49,50,51,52,53,54)/p-1. The second-order valence-corrected chi connectivity index (χ2v) is 19.6. The molecule has 8 nitrogen and oxygen atoms in total. The second kappa shape index (κ2) is 15.4. The Kier molecular flexibility index (Phi) is 11.0. The van der Waals surface area contributed by atoms with Gasteiger partial charge in [0, 0.05) is 64.0 Å². The molecule has 294 valence electrons. The predicted octanol–water partition coefficient (Wildman–Crippen LogP) is 9.47. The van der Waals surface area contributed by atoms with Crippen molar-refractivity contribution in [3.05, 3.63) is 130 Å². The summed E-state index contributed by atoms with van der Waals surface area (Å²) in [5, 5.41) is 5.30. The summed E-state index contributed by atoms with van der Waals surface area (Å²) in [7, 11) is -8.64. The fourth-order valence-corrected chi connectivity index (χ4v) is 10.4. The number of rotatable bonds is 12. The van der Waals surface area contributed by atoms with Crippen molar-refractivity contribution < 1.29 is 30.5 Å². The molecule has 0 N–H and O–H groups in total. The lowest BCUT2D eigenvalue weighted by atomic mass is 9.78. The van der Waals surface area contributed by atoms with Crippen LogP contribution in [0.15, 0.2) is 119 Å². The SMILES string of the molecule is CC1(C)C(/C=C/C2=C(Cl)C(=C/C=C3/N(CCCCS(=O)(=O)[O-])c4ccc5ccccc5c4C3(C)C)/CCC2)=[N+](CCCS(=O)(=O)[O-])c2ccc3ccccc3c21. The number of fused-ring (bicyclic) bond motifs is 6. The molecule has 1 aliphatic carbocycles. The topological polar surface area (TPSA) is 121 Å². The van der Waals surface area contributed by atoms with Gasteiger partial charge in [-0.3, -0.25) is 0 Å². The smallest absolute Gasteiger partial charge is 0.210 e. The zero-order valence-electron chi connectivity index (χ0n) is 32.3. The van der Waals surface area contributed by atoms with E-state index in [2.05, 4.69) is 116 Å². The van der Waals surface area contributed by atoms with Gasteiger partial charge in [-0.1, -0.05) is 92.2 Å². The molecule has 0 spiro atoms. The van der Waals surface area contributed by atoms with Crippen LogP contribution in [0.3, 0.4) is 0 Å². The molecule has 0 radical (unpaired) electrons. The first-order valence-electron chi connectivity index (χ1n) is 19.3. The van der Waals surface area contributed by atoms with E-state index in [9.17, 15) is 25.9 Å². The van der Waals surface area contributed by atoms with Crippen LogP contribution in [0.5, 0.6) is 0 Å². The molecule has 0 fully saturated rings. The van der Waals surface area contributed by atoms with Gasteiger partial charge in [0.05, 0.1) is 25.7 Å². The normalized spacial score (nSPS) is 19.7. The van der Waals surface area contributed by atoms with Gasteiger partial charge in [0.15, 0.2) is 5.71 Å². The molecule has 11 heteroatoms. The van der Waals surface area contributed by atoms with Crippen molar-refractivity contribution in [1.29, 1.82) is 0 Å². The van der Waals surface area contributed by atoms with Gasteiger partial charge in [-0.05, 0) is 102 Å². The molecule has 0 saturated heterocycles. The summed E-state index contributed by atoms with van der Waals surface area (Å²) in [5.74, 6) is -0.810. The molecule has 7 rings (SSSR count). The van der Waals surface area contributed by atoms with Gasteiger partial charge in [0.25, 0.3) is 0 Å². The molecule has 4 aromatic rings. The van der Waals surface area contributed by atoms with Gasteiger partial charge < -0.3 is 14.0 Å². The molecule has 4 aromatic carbocycles. The Morgan fingerprint density at radius 2 is 1.36 bits per heavy atom. The number of unbranched alkanes of at least 4 members (excludes halogenated alkanes) is 1. The quantitative estimate of drug-likeness (QED) is 0.0794. The number of anilines is 1. The fourth-order valence-electron chi connectivity index (χ4n) is 9.07. The summed E-state index contributed by atoms with van der Waals surface area (Å²) in [6.45, 7) is 9.77. The van der Waals surface area contributed by atoms with Crippen LogP contribution in [0.1, 0.15) is 77.3 Å². The largest absolute Gasteiger partial charge is 0.748 e. The Morgan fingerprint density at radius 1 is 0.732 bits per heavy atom.